The maximum Gasteiger partial charge on any atom is 0.230 e. The molecule has 2 rings (SSSR count). The maximum absolute atomic E-state index is 12.8. The lowest BCUT2D eigenvalue weighted by Gasteiger charge is -2.14. The third-order valence-corrected chi connectivity index (χ3v) is 3.80. The first-order chi connectivity index (χ1) is 10.0. The molecule has 3 N–H and O–H groups in total. The summed E-state index contributed by atoms with van der Waals surface area (Å²) in [6.07, 6.45) is 1.56. The Balaban J connectivity index is 1.83. The summed E-state index contributed by atoms with van der Waals surface area (Å²) >= 11 is 1.34. The van der Waals surface area contributed by atoms with Crippen molar-refractivity contribution in [3.8, 4) is 0 Å². The molecule has 21 heavy (non-hydrogen) atoms. The number of hydrogen-bond acceptors (Lipinski definition) is 4. The third kappa shape index (κ3) is 4.75. The molecule has 0 saturated carbocycles. The molecule has 0 aliphatic rings. The molecule has 0 spiro atoms. The molecule has 1 aromatic heterocycles. The summed E-state index contributed by atoms with van der Waals surface area (Å²) in [5, 5.41) is 3.61. The van der Waals surface area contributed by atoms with Gasteiger partial charge in [-0.2, -0.15) is 0 Å². The number of benzene rings is 1. The molecule has 0 aliphatic carbocycles. The van der Waals surface area contributed by atoms with Gasteiger partial charge in [0.15, 0.2) is 0 Å². The molecule has 0 saturated heterocycles. The van der Waals surface area contributed by atoms with E-state index in [0.29, 0.717) is 5.69 Å². The number of thioether (sulfide) groups is 1. The van der Waals surface area contributed by atoms with Gasteiger partial charge < -0.3 is 11.1 Å². The number of rotatable bonds is 5. The Morgan fingerprint density at radius 2 is 2.05 bits per heavy atom. The van der Waals surface area contributed by atoms with Crippen LogP contribution in [0, 0.1) is 5.82 Å². The van der Waals surface area contributed by atoms with Crippen molar-refractivity contribution < 1.29 is 9.18 Å². The monoisotopic (exact) mass is 305 g/mol. The van der Waals surface area contributed by atoms with Crippen LogP contribution in [-0.2, 0) is 4.79 Å². The van der Waals surface area contributed by atoms with Gasteiger partial charge in [-0.25, -0.2) is 9.37 Å². The van der Waals surface area contributed by atoms with Crippen molar-refractivity contribution in [3.63, 3.8) is 0 Å². The van der Waals surface area contributed by atoms with Gasteiger partial charge in [-0.1, -0.05) is 23.9 Å². The summed E-state index contributed by atoms with van der Waals surface area (Å²) in [4.78, 5) is 16.0. The lowest BCUT2D eigenvalue weighted by Crippen LogP contribution is -2.28. The van der Waals surface area contributed by atoms with Gasteiger partial charge in [-0.3, -0.25) is 4.79 Å². The molecule has 0 aliphatic heterocycles. The number of nitrogen functional groups attached to an aromatic ring is 1. The normalized spacial score (nSPS) is 11.9. The number of pyridine rings is 1. The van der Waals surface area contributed by atoms with Crippen LogP contribution in [-0.4, -0.2) is 16.6 Å². The van der Waals surface area contributed by atoms with Crippen molar-refractivity contribution in [2.45, 2.75) is 18.0 Å². The molecule has 110 valence electrons. The van der Waals surface area contributed by atoms with Crippen LogP contribution < -0.4 is 11.1 Å². The topological polar surface area (TPSA) is 68.0 Å². The highest BCUT2D eigenvalue weighted by atomic mass is 32.2. The number of carbonyl (C=O) groups excluding carboxylic acids is 1. The van der Waals surface area contributed by atoms with Gasteiger partial charge >= 0.3 is 0 Å². The minimum absolute atomic E-state index is 0.101. The van der Waals surface area contributed by atoms with E-state index in [1.807, 2.05) is 6.92 Å². The van der Waals surface area contributed by atoms with E-state index < -0.39 is 0 Å². The minimum Gasteiger partial charge on any atom is -0.397 e. The van der Waals surface area contributed by atoms with Gasteiger partial charge in [0.2, 0.25) is 5.91 Å². The molecule has 1 unspecified atom stereocenters. The number of anilines is 1. The minimum atomic E-state index is -0.290. The number of aromatic nitrogens is 1. The molecule has 1 amide bonds. The second-order valence-corrected chi connectivity index (χ2v) is 5.55. The van der Waals surface area contributed by atoms with Crippen LogP contribution in [0.15, 0.2) is 47.6 Å². The highest BCUT2D eigenvalue weighted by Gasteiger charge is 2.10. The number of amides is 1. The second kappa shape index (κ2) is 7.08. The smallest absolute Gasteiger partial charge is 0.230 e. The van der Waals surface area contributed by atoms with E-state index in [2.05, 4.69) is 10.3 Å². The summed E-state index contributed by atoms with van der Waals surface area (Å²) in [5.41, 5.74) is 7.00. The van der Waals surface area contributed by atoms with Gasteiger partial charge in [0.05, 0.1) is 28.7 Å². The predicted molar refractivity (Wildman–Crippen MR) is 82.3 cm³/mol. The summed E-state index contributed by atoms with van der Waals surface area (Å²) in [6.45, 7) is 1.86. The van der Waals surface area contributed by atoms with Crippen molar-refractivity contribution in [2.75, 3.05) is 11.5 Å². The van der Waals surface area contributed by atoms with E-state index in [4.69, 9.17) is 5.73 Å². The quantitative estimate of drug-likeness (QED) is 0.834. The van der Waals surface area contributed by atoms with E-state index in [0.717, 1.165) is 10.6 Å². The SMILES string of the molecule is CC(NC(=O)CSc1ccc(N)cn1)c1ccc(F)cc1. The van der Waals surface area contributed by atoms with Crippen LogP contribution in [0.2, 0.25) is 0 Å². The van der Waals surface area contributed by atoms with Crippen LogP contribution in [0.1, 0.15) is 18.5 Å². The fourth-order valence-electron chi connectivity index (χ4n) is 1.73. The van der Waals surface area contributed by atoms with E-state index >= 15 is 0 Å². The maximum atomic E-state index is 12.8. The zero-order valence-electron chi connectivity index (χ0n) is 11.5. The average molecular weight is 305 g/mol. The summed E-state index contributed by atoms with van der Waals surface area (Å²) in [5.74, 6) is -0.125. The van der Waals surface area contributed by atoms with E-state index in [1.54, 1.807) is 30.5 Å². The standard InChI is InChI=1S/C15H16FN3OS/c1-10(11-2-4-12(16)5-3-11)19-14(20)9-21-15-7-6-13(17)8-18-15/h2-8,10H,9,17H2,1H3,(H,19,20). The van der Waals surface area contributed by atoms with Crippen LogP contribution in [0.25, 0.3) is 0 Å². The number of carbonyl (C=O) groups is 1. The van der Waals surface area contributed by atoms with Crippen molar-refractivity contribution in [1.82, 2.24) is 10.3 Å². The summed E-state index contributed by atoms with van der Waals surface area (Å²) < 4.78 is 12.8. The van der Waals surface area contributed by atoms with Crippen LogP contribution >= 0.6 is 11.8 Å². The molecule has 1 heterocycles. The highest BCUT2D eigenvalue weighted by molar-refractivity contribution is 7.99. The second-order valence-electron chi connectivity index (χ2n) is 4.56. The first-order valence-corrected chi connectivity index (χ1v) is 7.42. The van der Waals surface area contributed by atoms with Crippen molar-refractivity contribution >= 4 is 23.4 Å². The molecule has 1 aromatic carbocycles. The van der Waals surface area contributed by atoms with Gasteiger partial charge in [0.25, 0.3) is 0 Å². The Hall–Kier alpha value is -2.08. The molecular formula is C15H16FN3OS. The van der Waals surface area contributed by atoms with Crippen LogP contribution in [0.4, 0.5) is 10.1 Å². The molecule has 0 radical (unpaired) electrons. The molecule has 1 atom stereocenters. The number of nitrogens with two attached hydrogens (primary N) is 1. The first kappa shape index (κ1) is 15.3. The Morgan fingerprint density at radius 1 is 1.33 bits per heavy atom. The van der Waals surface area contributed by atoms with Gasteiger partial charge in [0, 0.05) is 0 Å². The fourth-order valence-corrected chi connectivity index (χ4v) is 2.39. The van der Waals surface area contributed by atoms with Gasteiger partial charge in [0.1, 0.15) is 5.82 Å². The lowest BCUT2D eigenvalue weighted by molar-refractivity contribution is -0.119. The van der Waals surface area contributed by atoms with E-state index in [1.165, 1.54) is 23.9 Å². The lowest BCUT2D eigenvalue weighted by atomic mass is 10.1. The summed E-state index contributed by atoms with van der Waals surface area (Å²) in [6, 6.07) is 9.43. The molecule has 4 nitrogen and oxygen atoms in total. The van der Waals surface area contributed by atoms with Crippen molar-refractivity contribution in [3.05, 3.63) is 54.0 Å². The molecule has 2 aromatic rings. The highest BCUT2D eigenvalue weighted by Crippen LogP contribution is 2.17. The fraction of sp³-hybridized carbons (Fsp3) is 0.200. The largest absolute Gasteiger partial charge is 0.397 e. The zero-order chi connectivity index (χ0) is 15.2. The van der Waals surface area contributed by atoms with Crippen molar-refractivity contribution in [2.24, 2.45) is 0 Å². The average Bonchev–Trinajstić information content (AvgIpc) is 2.47. The third-order valence-electron chi connectivity index (χ3n) is 2.86. The van der Waals surface area contributed by atoms with E-state index in [-0.39, 0.29) is 23.5 Å². The number of nitrogens with one attached hydrogen (secondary N) is 1. The first-order valence-electron chi connectivity index (χ1n) is 6.44. The molecular weight excluding hydrogens is 289 g/mol. The molecule has 6 heteroatoms. The van der Waals surface area contributed by atoms with Gasteiger partial charge in [-0.05, 0) is 36.8 Å². The Bertz CT molecular complexity index is 601. The molecule has 0 fully saturated rings. The Kier molecular flexibility index (Phi) is 5.16. The number of halogens is 1. The van der Waals surface area contributed by atoms with E-state index in [9.17, 15) is 9.18 Å². The van der Waals surface area contributed by atoms with Crippen LogP contribution in [0.5, 0.6) is 0 Å². The van der Waals surface area contributed by atoms with Crippen LogP contribution in [0.3, 0.4) is 0 Å². The zero-order valence-corrected chi connectivity index (χ0v) is 12.4. The number of hydrogen-bond donors (Lipinski definition) is 2. The summed E-state index contributed by atoms with van der Waals surface area (Å²) in [7, 11) is 0. The predicted octanol–water partition coefficient (Wildman–Crippen LogP) is 2.77. The Labute approximate surface area is 127 Å². The molecule has 0 bridgehead atoms. The number of nitrogens with zero attached hydrogens (tertiary/aromatic N) is 1. The Morgan fingerprint density at radius 3 is 2.67 bits per heavy atom. The van der Waals surface area contributed by atoms with Crippen molar-refractivity contribution in [1.29, 1.82) is 0 Å². The van der Waals surface area contributed by atoms with Gasteiger partial charge in [-0.15, -0.1) is 0 Å².